The van der Waals surface area contributed by atoms with Crippen LogP contribution in [-0.2, 0) is 0 Å². The van der Waals surface area contributed by atoms with Gasteiger partial charge in [0.1, 0.15) is 0 Å². The zero-order valence-electron chi connectivity index (χ0n) is 7.33. The normalized spacial score (nSPS) is 12.4. The van der Waals surface area contributed by atoms with Gasteiger partial charge in [0.25, 0.3) is 0 Å². The Labute approximate surface area is 73.3 Å². The molecule has 0 aromatic carbocycles. The molecular formula is C10H14N2. The minimum Gasteiger partial charge on any atom is -0.305 e. The van der Waals surface area contributed by atoms with Crippen LogP contribution in [0.2, 0.25) is 0 Å². The molecule has 2 heteroatoms. The highest BCUT2D eigenvalue weighted by Gasteiger charge is 2.02. The highest BCUT2D eigenvalue weighted by Crippen LogP contribution is 2.06. The lowest BCUT2D eigenvalue weighted by atomic mass is 10.2. The van der Waals surface area contributed by atoms with E-state index in [1.54, 1.807) is 6.20 Å². The summed E-state index contributed by atoms with van der Waals surface area (Å²) in [6.45, 7) is 6.55. The van der Waals surface area contributed by atoms with Crippen LogP contribution in [-0.4, -0.2) is 11.5 Å². The molecule has 0 fully saturated rings. The Bertz CT molecular complexity index is 231. The summed E-state index contributed by atoms with van der Waals surface area (Å²) in [5.41, 5.74) is 1.07. The molecule has 2 nitrogen and oxygen atoms in total. The largest absolute Gasteiger partial charge is 0.305 e. The Morgan fingerprint density at radius 2 is 2.50 bits per heavy atom. The monoisotopic (exact) mass is 162 g/mol. The lowest BCUT2D eigenvalue weighted by Crippen LogP contribution is -2.19. The zero-order chi connectivity index (χ0) is 8.81. The zero-order valence-corrected chi connectivity index (χ0v) is 7.33. The first kappa shape index (κ1) is 8.94. The fourth-order valence-corrected chi connectivity index (χ4v) is 0.997. The molecule has 0 spiro atoms. The molecule has 0 aliphatic carbocycles. The first-order chi connectivity index (χ1) is 5.84. The highest BCUT2D eigenvalue weighted by atomic mass is 14.9. The van der Waals surface area contributed by atoms with Crippen LogP contribution >= 0.6 is 0 Å². The third kappa shape index (κ3) is 2.47. The van der Waals surface area contributed by atoms with Crippen molar-refractivity contribution in [2.45, 2.75) is 13.0 Å². The number of aromatic nitrogens is 1. The number of nitrogens with one attached hydrogen (secondary N) is 1. The van der Waals surface area contributed by atoms with Crippen molar-refractivity contribution < 1.29 is 0 Å². The van der Waals surface area contributed by atoms with Gasteiger partial charge in [-0.05, 0) is 19.1 Å². The van der Waals surface area contributed by atoms with Crippen LogP contribution in [0.15, 0.2) is 37.1 Å². The quantitative estimate of drug-likeness (QED) is 0.684. The maximum Gasteiger partial charge on any atom is 0.0570 e. The minimum absolute atomic E-state index is 0.296. The molecule has 0 saturated heterocycles. The SMILES string of the molecule is C=CCNC(C)c1ccccn1. The predicted octanol–water partition coefficient (Wildman–Crippen LogP) is 1.92. The summed E-state index contributed by atoms with van der Waals surface area (Å²) in [7, 11) is 0. The second-order valence-corrected chi connectivity index (χ2v) is 2.67. The molecule has 1 rings (SSSR count). The van der Waals surface area contributed by atoms with Crippen molar-refractivity contribution in [3.05, 3.63) is 42.7 Å². The average molecular weight is 162 g/mol. The van der Waals surface area contributed by atoms with Crippen LogP contribution in [0.4, 0.5) is 0 Å². The van der Waals surface area contributed by atoms with Crippen LogP contribution in [0.3, 0.4) is 0 Å². The van der Waals surface area contributed by atoms with Gasteiger partial charge >= 0.3 is 0 Å². The highest BCUT2D eigenvalue weighted by molar-refractivity contribution is 5.07. The summed E-state index contributed by atoms with van der Waals surface area (Å²) in [4.78, 5) is 4.23. The molecule has 1 atom stereocenters. The van der Waals surface area contributed by atoms with E-state index in [4.69, 9.17) is 0 Å². The topological polar surface area (TPSA) is 24.9 Å². The first-order valence-corrected chi connectivity index (χ1v) is 4.10. The molecule has 1 unspecified atom stereocenters. The van der Waals surface area contributed by atoms with Gasteiger partial charge in [-0.15, -0.1) is 6.58 Å². The summed E-state index contributed by atoms with van der Waals surface area (Å²) in [5.74, 6) is 0. The summed E-state index contributed by atoms with van der Waals surface area (Å²) < 4.78 is 0. The van der Waals surface area contributed by atoms with Crippen LogP contribution in [0.1, 0.15) is 18.7 Å². The van der Waals surface area contributed by atoms with Gasteiger partial charge in [-0.1, -0.05) is 12.1 Å². The molecule has 0 aliphatic heterocycles. The van der Waals surface area contributed by atoms with Crippen LogP contribution in [0.5, 0.6) is 0 Å². The molecule has 1 aromatic heterocycles. The van der Waals surface area contributed by atoms with Crippen LogP contribution in [0.25, 0.3) is 0 Å². The average Bonchev–Trinajstić information content (AvgIpc) is 2.15. The molecule has 1 aromatic rings. The van der Waals surface area contributed by atoms with E-state index >= 15 is 0 Å². The molecule has 1 heterocycles. The molecule has 1 N–H and O–H groups in total. The third-order valence-corrected chi connectivity index (χ3v) is 1.70. The van der Waals surface area contributed by atoms with Gasteiger partial charge in [0.05, 0.1) is 5.69 Å². The van der Waals surface area contributed by atoms with E-state index in [1.165, 1.54) is 0 Å². The lowest BCUT2D eigenvalue weighted by molar-refractivity contribution is 0.601. The summed E-state index contributed by atoms with van der Waals surface area (Å²) in [6.07, 6.45) is 3.65. The summed E-state index contributed by atoms with van der Waals surface area (Å²) in [5, 5.41) is 3.27. The fraction of sp³-hybridized carbons (Fsp3) is 0.300. The second kappa shape index (κ2) is 4.67. The van der Waals surface area contributed by atoms with Gasteiger partial charge in [-0.2, -0.15) is 0 Å². The number of rotatable bonds is 4. The molecule has 0 radical (unpaired) electrons. The lowest BCUT2D eigenvalue weighted by Gasteiger charge is -2.10. The Hall–Kier alpha value is -1.15. The Balaban J connectivity index is 2.53. The van der Waals surface area contributed by atoms with Crippen molar-refractivity contribution in [3.63, 3.8) is 0 Å². The molecule has 0 aliphatic rings. The van der Waals surface area contributed by atoms with Crippen molar-refractivity contribution in [2.24, 2.45) is 0 Å². The maximum atomic E-state index is 4.23. The summed E-state index contributed by atoms with van der Waals surface area (Å²) in [6, 6.07) is 6.23. The molecular weight excluding hydrogens is 148 g/mol. The number of pyridine rings is 1. The first-order valence-electron chi connectivity index (χ1n) is 4.10. The molecule has 12 heavy (non-hydrogen) atoms. The smallest absolute Gasteiger partial charge is 0.0570 e. The van der Waals surface area contributed by atoms with Gasteiger partial charge in [0.15, 0.2) is 0 Å². The van der Waals surface area contributed by atoms with Crippen LogP contribution in [0, 0.1) is 0 Å². The van der Waals surface area contributed by atoms with E-state index in [9.17, 15) is 0 Å². The molecule has 64 valence electrons. The van der Waals surface area contributed by atoms with E-state index in [0.29, 0.717) is 6.04 Å². The van der Waals surface area contributed by atoms with Crippen LogP contribution < -0.4 is 5.32 Å². The van der Waals surface area contributed by atoms with Crippen molar-refractivity contribution in [1.82, 2.24) is 10.3 Å². The van der Waals surface area contributed by atoms with Gasteiger partial charge in [0.2, 0.25) is 0 Å². The standard InChI is InChI=1S/C10H14N2/c1-3-7-11-9(2)10-6-4-5-8-12-10/h3-6,8-9,11H,1,7H2,2H3. The van der Waals surface area contributed by atoms with Gasteiger partial charge < -0.3 is 5.32 Å². The van der Waals surface area contributed by atoms with E-state index in [2.05, 4.69) is 23.8 Å². The van der Waals surface area contributed by atoms with Crippen molar-refractivity contribution in [2.75, 3.05) is 6.54 Å². The van der Waals surface area contributed by atoms with Crippen molar-refractivity contribution >= 4 is 0 Å². The Kier molecular flexibility index (Phi) is 3.48. The van der Waals surface area contributed by atoms with Gasteiger partial charge in [-0.25, -0.2) is 0 Å². The number of nitrogens with zero attached hydrogens (tertiary/aromatic N) is 1. The third-order valence-electron chi connectivity index (χ3n) is 1.70. The van der Waals surface area contributed by atoms with Gasteiger partial charge in [0, 0.05) is 18.8 Å². The molecule has 0 amide bonds. The minimum atomic E-state index is 0.296. The Morgan fingerprint density at radius 3 is 3.08 bits per heavy atom. The summed E-state index contributed by atoms with van der Waals surface area (Å²) >= 11 is 0. The molecule has 0 saturated carbocycles. The van der Waals surface area contributed by atoms with E-state index in [-0.39, 0.29) is 0 Å². The molecule has 0 bridgehead atoms. The van der Waals surface area contributed by atoms with E-state index in [1.807, 2.05) is 24.3 Å². The van der Waals surface area contributed by atoms with Gasteiger partial charge in [-0.3, -0.25) is 4.98 Å². The van der Waals surface area contributed by atoms with E-state index < -0.39 is 0 Å². The number of hydrogen-bond donors (Lipinski definition) is 1. The fourth-order valence-electron chi connectivity index (χ4n) is 0.997. The van der Waals surface area contributed by atoms with E-state index in [0.717, 1.165) is 12.2 Å². The maximum absolute atomic E-state index is 4.23. The van der Waals surface area contributed by atoms with Crippen molar-refractivity contribution in [1.29, 1.82) is 0 Å². The predicted molar refractivity (Wildman–Crippen MR) is 50.9 cm³/mol. The van der Waals surface area contributed by atoms with Crippen molar-refractivity contribution in [3.8, 4) is 0 Å². The second-order valence-electron chi connectivity index (χ2n) is 2.67. The Morgan fingerprint density at radius 1 is 1.67 bits per heavy atom. The number of hydrogen-bond acceptors (Lipinski definition) is 2.